The Kier molecular flexibility index (Phi) is 13.1. The molecule has 4 unspecified atom stereocenters. The lowest BCUT2D eigenvalue weighted by Gasteiger charge is -2.20. The Morgan fingerprint density at radius 3 is 1.24 bits per heavy atom. The number of hydrogen-bond donors (Lipinski definition) is 6. The van der Waals surface area contributed by atoms with Crippen LogP contribution >= 0.6 is 0 Å². The van der Waals surface area contributed by atoms with Gasteiger partial charge >= 0.3 is 0 Å². The molecule has 0 amide bonds. The number of ether oxygens (including phenoxy) is 3. The van der Waals surface area contributed by atoms with Gasteiger partial charge in [-0.25, -0.2) is 0 Å². The molecule has 0 saturated heterocycles. The van der Waals surface area contributed by atoms with Gasteiger partial charge in [0.1, 0.15) is 24.4 Å². The van der Waals surface area contributed by atoms with E-state index in [0.29, 0.717) is 0 Å². The highest BCUT2D eigenvalue weighted by Crippen LogP contribution is 1.99. The predicted octanol–water partition coefficient (Wildman–Crippen LogP) is -3.54. The lowest BCUT2D eigenvalue weighted by Crippen LogP contribution is -2.33. The van der Waals surface area contributed by atoms with Crippen molar-refractivity contribution in [2.45, 2.75) is 24.4 Å². The van der Waals surface area contributed by atoms with Gasteiger partial charge in [0.2, 0.25) is 0 Å². The Hall–Kier alpha value is -0.360. The van der Waals surface area contributed by atoms with Gasteiger partial charge < -0.3 is 44.8 Å². The second kappa shape index (κ2) is 13.3. The van der Waals surface area contributed by atoms with Crippen LogP contribution in [0, 0.1) is 0 Å². The molecular formula is C12H26O9. The highest BCUT2D eigenvalue weighted by Gasteiger charge is 2.15. The van der Waals surface area contributed by atoms with Crippen LogP contribution < -0.4 is 0 Å². The van der Waals surface area contributed by atoms with Gasteiger partial charge in [0.15, 0.2) is 0 Å². The normalized spacial score (nSPS) is 17.4. The Balaban J connectivity index is 3.84. The standard InChI is InChI=1S/C12H26O9/c13-1-9(17)5-20-11(3-15)7-19-8-12(4-16)21-6-10(18)2-14/h9-18H,1-8H2. The molecule has 0 spiro atoms. The van der Waals surface area contributed by atoms with Crippen LogP contribution in [0.2, 0.25) is 0 Å². The molecule has 0 heterocycles. The largest absolute Gasteiger partial charge is 0.394 e. The molecule has 9 nitrogen and oxygen atoms in total. The fourth-order valence-corrected chi connectivity index (χ4v) is 1.24. The van der Waals surface area contributed by atoms with Gasteiger partial charge in [-0.15, -0.1) is 0 Å². The summed E-state index contributed by atoms with van der Waals surface area (Å²) in [5, 5.41) is 53.6. The van der Waals surface area contributed by atoms with Crippen molar-refractivity contribution in [1.29, 1.82) is 0 Å². The van der Waals surface area contributed by atoms with Crippen LogP contribution in [0.5, 0.6) is 0 Å². The minimum atomic E-state index is -1.02. The van der Waals surface area contributed by atoms with Gasteiger partial charge in [0.05, 0.1) is 52.9 Å². The quantitative estimate of drug-likeness (QED) is 0.192. The van der Waals surface area contributed by atoms with Crippen molar-refractivity contribution in [2.24, 2.45) is 0 Å². The Labute approximate surface area is 123 Å². The van der Waals surface area contributed by atoms with Crippen LogP contribution in [-0.4, -0.2) is 108 Å². The molecule has 128 valence electrons. The first kappa shape index (κ1) is 20.6. The summed E-state index contributed by atoms with van der Waals surface area (Å²) in [7, 11) is 0. The lowest BCUT2D eigenvalue weighted by atomic mass is 10.3. The second-order valence-corrected chi connectivity index (χ2v) is 4.49. The summed E-state index contributed by atoms with van der Waals surface area (Å²) in [6.07, 6.45) is -3.39. The monoisotopic (exact) mass is 314 g/mol. The van der Waals surface area contributed by atoms with Gasteiger partial charge in [-0.2, -0.15) is 0 Å². The number of rotatable bonds is 14. The summed E-state index contributed by atoms with van der Waals surface area (Å²) in [6.45, 7) is -1.77. The number of aliphatic hydroxyl groups is 6. The van der Waals surface area contributed by atoms with E-state index in [9.17, 15) is 0 Å². The van der Waals surface area contributed by atoms with Crippen LogP contribution in [0.3, 0.4) is 0 Å². The summed E-state index contributed by atoms with van der Waals surface area (Å²) in [6, 6.07) is 0. The van der Waals surface area contributed by atoms with Gasteiger partial charge in [-0.1, -0.05) is 0 Å². The number of aliphatic hydroxyl groups excluding tert-OH is 6. The van der Waals surface area contributed by atoms with Gasteiger partial charge in [-0.3, -0.25) is 0 Å². The molecule has 0 fully saturated rings. The first-order chi connectivity index (χ1) is 10.1. The van der Waals surface area contributed by atoms with E-state index in [1.54, 1.807) is 0 Å². The first-order valence-corrected chi connectivity index (χ1v) is 6.67. The zero-order valence-electron chi connectivity index (χ0n) is 11.9. The second-order valence-electron chi connectivity index (χ2n) is 4.49. The van der Waals surface area contributed by atoms with Crippen molar-refractivity contribution < 1.29 is 44.8 Å². The lowest BCUT2D eigenvalue weighted by molar-refractivity contribution is -0.106. The third-order valence-electron chi connectivity index (χ3n) is 2.48. The Bertz CT molecular complexity index is 207. The summed E-state index contributed by atoms with van der Waals surface area (Å²) in [5.41, 5.74) is 0. The molecule has 0 aromatic carbocycles. The molecular weight excluding hydrogens is 288 g/mol. The summed E-state index contributed by atoms with van der Waals surface area (Å²) < 4.78 is 15.4. The van der Waals surface area contributed by atoms with Crippen molar-refractivity contribution >= 4 is 0 Å². The minimum absolute atomic E-state index is 0.0110. The highest BCUT2D eigenvalue weighted by molar-refractivity contribution is 4.61. The topological polar surface area (TPSA) is 149 Å². The fraction of sp³-hybridized carbons (Fsp3) is 1.00. The van der Waals surface area contributed by atoms with Crippen LogP contribution in [0.4, 0.5) is 0 Å². The molecule has 0 bridgehead atoms. The van der Waals surface area contributed by atoms with Crippen LogP contribution in [0.15, 0.2) is 0 Å². The molecule has 0 saturated carbocycles. The molecule has 9 heteroatoms. The maximum Gasteiger partial charge on any atom is 0.104 e. The highest BCUT2D eigenvalue weighted by atomic mass is 16.6. The maximum atomic E-state index is 9.10. The zero-order chi connectivity index (χ0) is 16.1. The smallest absolute Gasteiger partial charge is 0.104 e. The van der Waals surface area contributed by atoms with Gasteiger partial charge in [0.25, 0.3) is 0 Å². The van der Waals surface area contributed by atoms with E-state index >= 15 is 0 Å². The van der Waals surface area contributed by atoms with Crippen molar-refractivity contribution in [3.05, 3.63) is 0 Å². The van der Waals surface area contributed by atoms with E-state index in [-0.39, 0.29) is 39.6 Å². The Morgan fingerprint density at radius 1 is 0.571 bits per heavy atom. The van der Waals surface area contributed by atoms with E-state index in [2.05, 4.69) is 0 Å². The average Bonchev–Trinajstić information content (AvgIpc) is 2.52. The van der Waals surface area contributed by atoms with E-state index in [1.807, 2.05) is 0 Å². The maximum absolute atomic E-state index is 9.10. The Morgan fingerprint density at radius 2 is 0.952 bits per heavy atom. The van der Waals surface area contributed by atoms with Gasteiger partial charge in [0, 0.05) is 0 Å². The SMILES string of the molecule is OCC(O)COC(CO)COCC(CO)OCC(O)CO. The molecule has 0 radical (unpaired) electrons. The van der Waals surface area contributed by atoms with Crippen LogP contribution in [-0.2, 0) is 14.2 Å². The zero-order valence-corrected chi connectivity index (χ0v) is 11.9. The molecule has 0 aliphatic rings. The molecule has 4 atom stereocenters. The minimum Gasteiger partial charge on any atom is -0.394 e. The third kappa shape index (κ3) is 10.9. The van der Waals surface area contributed by atoms with Crippen LogP contribution in [0.25, 0.3) is 0 Å². The van der Waals surface area contributed by atoms with Crippen molar-refractivity contribution in [3.63, 3.8) is 0 Å². The van der Waals surface area contributed by atoms with Gasteiger partial charge in [-0.05, 0) is 0 Å². The van der Waals surface area contributed by atoms with Crippen molar-refractivity contribution in [1.82, 2.24) is 0 Å². The van der Waals surface area contributed by atoms with E-state index in [1.165, 1.54) is 0 Å². The van der Waals surface area contributed by atoms with E-state index < -0.39 is 37.6 Å². The molecule has 21 heavy (non-hydrogen) atoms. The summed E-state index contributed by atoms with van der Waals surface area (Å²) in [5.74, 6) is 0. The first-order valence-electron chi connectivity index (χ1n) is 6.67. The van der Waals surface area contributed by atoms with Crippen molar-refractivity contribution in [3.8, 4) is 0 Å². The molecule has 0 aliphatic heterocycles. The molecule has 0 rings (SSSR count). The molecule has 0 aromatic heterocycles. The van der Waals surface area contributed by atoms with Crippen LogP contribution in [0.1, 0.15) is 0 Å². The summed E-state index contributed by atoms with van der Waals surface area (Å²) in [4.78, 5) is 0. The number of hydrogen-bond acceptors (Lipinski definition) is 9. The predicted molar refractivity (Wildman–Crippen MR) is 70.7 cm³/mol. The third-order valence-corrected chi connectivity index (χ3v) is 2.48. The molecule has 0 aromatic rings. The fourth-order valence-electron chi connectivity index (χ4n) is 1.24. The van der Waals surface area contributed by atoms with E-state index in [0.717, 1.165) is 0 Å². The average molecular weight is 314 g/mol. The molecule has 0 aliphatic carbocycles. The summed E-state index contributed by atoms with van der Waals surface area (Å²) >= 11 is 0. The van der Waals surface area contributed by atoms with Crippen molar-refractivity contribution in [2.75, 3.05) is 52.9 Å². The molecule has 6 N–H and O–H groups in total. The van der Waals surface area contributed by atoms with E-state index in [4.69, 9.17) is 44.8 Å².